The summed E-state index contributed by atoms with van der Waals surface area (Å²) in [5.41, 5.74) is 6.74. The van der Waals surface area contributed by atoms with E-state index in [1.165, 1.54) is 0 Å². The Balaban J connectivity index is 2.63. The molecule has 0 spiro atoms. The highest BCUT2D eigenvalue weighted by molar-refractivity contribution is 5.42. The summed E-state index contributed by atoms with van der Waals surface area (Å²) in [6.07, 6.45) is 0.917. The third-order valence-corrected chi connectivity index (χ3v) is 1.89. The van der Waals surface area contributed by atoms with Crippen molar-refractivity contribution in [1.82, 2.24) is 4.98 Å². The summed E-state index contributed by atoms with van der Waals surface area (Å²) in [5, 5.41) is 11.8. The molecule has 4 nitrogen and oxygen atoms in total. The summed E-state index contributed by atoms with van der Waals surface area (Å²) >= 11 is 0. The molecule has 4 heteroatoms. The van der Waals surface area contributed by atoms with E-state index < -0.39 is 0 Å². The molecular formula is C10H14N4. The van der Waals surface area contributed by atoms with E-state index in [2.05, 4.69) is 16.4 Å². The Morgan fingerprint density at radius 1 is 1.57 bits per heavy atom. The maximum atomic E-state index is 8.70. The molecule has 0 unspecified atom stereocenters. The van der Waals surface area contributed by atoms with Gasteiger partial charge in [-0.2, -0.15) is 5.26 Å². The van der Waals surface area contributed by atoms with Gasteiger partial charge in [0.05, 0.1) is 11.3 Å². The van der Waals surface area contributed by atoms with Gasteiger partial charge in [0, 0.05) is 6.54 Å². The SMILES string of the molecule is Cc1nc(NCCCN)ccc1C#N. The molecule has 1 aromatic heterocycles. The molecule has 1 rings (SSSR count). The van der Waals surface area contributed by atoms with Gasteiger partial charge in [-0.05, 0) is 32.0 Å². The van der Waals surface area contributed by atoms with E-state index in [0.717, 1.165) is 24.5 Å². The topological polar surface area (TPSA) is 74.7 Å². The Hall–Kier alpha value is -1.60. The first-order valence-electron chi connectivity index (χ1n) is 4.59. The van der Waals surface area contributed by atoms with Crippen LogP contribution in [-0.2, 0) is 0 Å². The molecule has 1 heterocycles. The number of nitrogens with zero attached hydrogens (tertiary/aromatic N) is 2. The van der Waals surface area contributed by atoms with Crippen LogP contribution in [0.3, 0.4) is 0 Å². The summed E-state index contributed by atoms with van der Waals surface area (Å²) in [6, 6.07) is 5.66. The van der Waals surface area contributed by atoms with Crippen molar-refractivity contribution in [3.8, 4) is 6.07 Å². The van der Waals surface area contributed by atoms with Crippen LogP contribution in [0.1, 0.15) is 17.7 Å². The average molecular weight is 190 g/mol. The van der Waals surface area contributed by atoms with Crippen LogP contribution in [-0.4, -0.2) is 18.1 Å². The zero-order valence-electron chi connectivity index (χ0n) is 8.25. The van der Waals surface area contributed by atoms with E-state index in [1.807, 2.05) is 13.0 Å². The molecule has 14 heavy (non-hydrogen) atoms. The van der Waals surface area contributed by atoms with Crippen LogP contribution in [0.4, 0.5) is 5.82 Å². The number of nitriles is 1. The monoisotopic (exact) mass is 190 g/mol. The maximum Gasteiger partial charge on any atom is 0.126 e. The lowest BCUT2D eigenvalue weighted by atomic mass is 10.2. The standard InChI is InChI=1S/C10H14N4/c1-8-9(7-12)3-4-10(14-8)13-6-2-5-11/h3-4H,2,5-6,11H2,1H3,(H,13,14). The van der Waals surface area contributed by atoms with Gasteiger partial charge in [0.15, 0.2) is 0 Å². The Morgan fingerprint density at radius 3 is 2.93 bits per heavy atom. The van der Waals surface area contributed by atoms with E-state index in [9.17, 15) is 0 Å². The molecule has 0 amide bonds. The van der Waals surface area contributed by atoms with E-state index in [0.29, 0.717) is 12.1 Å². The molecule has 0 aromatic carbocycles. The van der Waals surface area contributed by atoms with Gasteiger partial charge in [-0.15, -0.1) is 0 Å². The van der Waals surface area contributed by atoms with Crippen molar-refractivity contribution in [2.75, 3.05) is 18.4 Å². The third kappa shape index (κ3) is 2.71. The van der Waals surface area contributed by atoms with Crippen LogP contribution in [0, 0.1) is 18.3 Å². The summed E-state index contributed by atoms with van der Waals surface area (Å²) in [5.74, 6) is 0.801. The molecule has 0 radical (unpaired) electrons. The number of hydrogen-bond acceptors (Lipinski definition) is 4. The van der Waals surface area contributed by atoms with Crippen LogP contribution >= 0.6 is 0 Å². The lowest BCUT2D eigenvalue weighted by molar-refractivity contribution is 0.869. The molecule has 3 N–H and O–H groups in total. The smallest absolute Gasteiger partial charge is 0.126 e. The lowest BCUT2D eigenvalue weighted by Gasteiger charge is -2.05. The van der Waals surface area contributed by atoms with Gasteiger partial charge in [0.1, 0.15) is 11.9 Å². The molecule has 0 aliphatic rings. The van der Waals surface area contributed by atoms with Crippen molar-refractivity contribution in [2.45, 2.75) is 13.3 Å². The van der Waals surface area contributed by atoms with Crippen LogP contribution in [0.15, 0.2) is 12.1 Å². The zero-order chi connectivity index (χ0) is 10.4. The summed E-state index contributed by atoms with van der Waals surface area (Å²) < 4.78 is 0. The van der Waals surface area contributed by atoms with Gasteiger partial charge < -0.3 is 11.1 Å². The van der Waals surface area contributed by atoms with E-state index in [4.69, 9.17) is 11.0 Å². The molecule has 0 saturated heterocycles. The first-order valence-corrected chi connectivity index (χ1v) is 4.59. The van der Waals surface area contributed by atoms with E-state index in [1.54, 1.807) is 6.07 Å². The number of nitrogens with one attached hydrogen (secondary N) is 1. The number of anilines is 1. The molecule has 0 aliphatic carbocycles. The molecule has 0 saturated carbocycles. The fourth-order valence-electron chi connectivity index (χ4n) is 1.10. The molecule has 0 aliphatic heterocycles. The molecule has 0 fully saturated rings. The second-order valence-electron chi connectivity index (χ2n) is 3.01. The summed E-state index contributed by atoms with van der Waals surface area (Å²) in [4.78, 5) is 4.24. The lowest BCUT2D eigenvalue weighted by Crippen LogP contribution is -2.09. The minimum absolute atomic E-state index is 0.620. The average Bonchev–Trinajstić information content (AvgIpc) is 2.18. The van der Waals surface area contributed by atoms with Crippen molar-refractivity contribution >= 4 is 5.82 Å². The van der Waals surface area contributed by atoms with Crippen molar-refractivity contribution < 1.29 is 0 Å². The van der Waals surface area contributed by atoms with Crippen molar-refractivity contribution in [1.29, 1.82) is 5.26 Å². The van der Waals surface area contributed by atoms with Crippen LogP contribution < -0.4 is 11.1 Å². The Morgan fingerprint density at radius 2 is 2.36 bits per heavy atom. The Kier molecular flexibility index (Phi) is 3.89. The summed E-state index contributed by atoms with van der Waals surface area (Å²) in [7, 11) is 0. The molecule has 1 aromatic rings. The quantitative estimate of drug-likeness (QED) is 0.695. The second-order valence-corrected chi connectivity index (χ2v) is 3.01. The number of pyridine rings is 1. The Labute approximate surface area is 83.8 Å². The number of rotatable bonds is 4. The highest BCUT2D eigenvalue weighted by Crippen LogP contribution is 2.08. The van der Waals surface area contributed by atoms with E-state index in [-0.39, 0.29) is 0 Å². The maximum absolute atomic E-state index is 8.70. The normalized spacial score (nSPS) is 9.50. The van der Waals surface area contributed by atoms with Gasteiger partial charge >= 0.3 is 0 Å². The largest absolute Gasteiger partial charge is 0.370 e. The zero-order valence-corrected chi connectivity index (χ0v) is 8.25. The first-order chi connectivity index (χ1) is 6.77. The number of nitrogens with two attached hydrogens (primary N) is 1. The fourth-order valence-corrected chi connectivity index (χ4v) is 1.10. The van der Waals surface area contributed by atoms with Gasteiger partial charge in [-0.3, -0.25) is 0 Å². The van der Waals surface area contributed by atoms with Crippen LogP contribution in [0.25, 0.3) is 0 Å². The third-order valence-electron chi connectivity index (χ3n) is 1.89. The predicted octanol–water partition coefficient (Wildman–Crippen LogP) is 1.02. The number of hydrogen-bond donors (Lipinski definition) is 2. The van der Waals surface area contributed by atoms with Gasteiger partial charge in [-0.25, -0.2) is 4.98 Å². The second kappa shape index (κ2) is 5.20. The first kappa shape index (κ1) is 10.5. The van der Waals surface area contributed by atoms with Crippen molar-refractivity contribution in [3.63, 3.8) is 0 Å². The van der Waals surface area contributed by atoms with Gasteiger partial charge in [-0.1, -0.05) is 0 Å². The molecule has 0 atom stereocenters. The number of aryl methyl sites for hydroxylation is 1. The van der Waals surface area contributed by atoms with Gasteiger partial charge in [0.25, 0.3) is 0 Å². The molecule has 74 valence electrons. The Bertz CT molecular complexity index is 340. The van der Waals surface area contributed by atoms with Crippen LogP contribution in [0.5, 0.6) is 0 Å². The van der Waals surface area contributed by atoms with Gasteiger partial charge in [0.2, 0.25) is 0 Å². The summed E-state index contributed by atoms with van der Waals surface area (Å²) in [6.45, 7) is 3.31. The van der Waals surface area contributed by atoms with Crippen molar-refractivity contribution in [3.05, 3.63) is 23.4 Å². The molecule has 0 bridgehead atoms. The molecular weight excluding hydrogens is 176 g/mol. The van der Waals surface area contributed by atoms with Crippen molar-refractivity contribution in [2.24, 2.45) is 5.73 Å². The predicted molar refractivity (Wildman–Crippen MR) is 55.9 cm³/mol. The van der Waals surface area contributed by atoms with Crippen LogP contribution in [0.2, 0.25) is 0 Å². The minimum atomic E-state index is 0.620. The highest BCUT2D eigenvalue weighted by atomic mass is 15.0. The fraction of sp³-hybridized carbons (Fsp3) is 0.400. The van der Waals surface area contributed by atoms with E-state index >= 15 is 0 Å². The minimum Gasteiger partial charge on any atom is -0.370 e. The highest BCUT2D eigenvalue weighted by Gasteiger charge is 1.99. The number of aromatic nitrogens is 1.